The van der Waals surface area contributed by atoms with E-state index < -0.39 is 0 Å². The summed E-state index contributed by atoms with van der Waals surface area (Å²) in [5.41, 5.74) is 4.30. The van der Waals surface area contributed by atoms with Gasteiger partial charge in [0.05, 0.1) is 37.0 Å². The third kappa shape index (κ3) is 7.17. The highest BCUT2D eigenvalue weighted by Gasteiger charge is 2.15. The second kappa shape index (κ2) is 12.5. The van der Waals surface area contributed by atoms with Crippen LogP contribution in [0.25, 0.3) is 0 Å². The SMILES string of the molecule is COc1ccc(NC(=S)N(CCc2cncn2Cc2ccc(C#N)cc2)Cc2ccc(Cl)nc2Cl)cn1. The van der Waals surface area contributed by atoms with Crippen LogP contribution >= 0.6 is 35.4 Å². The maximum atomic E-state index is 9.04. The van der Waals surface area contributed by atoms with Gasteiger partial charge in [-0.1, -0.05) is 41.4 Å². The van der Waals surface area contributed by atoms with Crippen LogP contribution in [0, 0.1) is 11.3 Å². The second-order valence-electron chi connectivity index (χ2n) is 8.10. The summed E-state index contributed by atoms with van der Waals surface area (Å²) in [6.07, 6.45) is 5.99. The summed E-state index contributed by atoms with van der Waals surface area (Å²) in [5.74, 6) is 0.517. The minimum Gasteiger partial charge on any atom is -0.481 e. The fraction of sp³-hybridized carbons (Fsp3) is 0.192. The third-order valence-corrected chi connectivity index (χ3v) is 6.51. The first-order valence-electron chi connectivity index (χ1n) is 11.3. The van der Waals surface area contributed by atoms with E-state index in [-0.39, 0.29) is 0 Å². The Kier molecular flexibility index (Phi) is 8.90. The van der Waals surface area contributed by atoms with Crippen LogP contribution in [0.15, 0.2) is 67.3 Å². The molecule has 4 rings (SSSR count). The van der Waals surface area contributed by atoms with E-state index in [1.54, 1.807) is 31.8 Å². The van der Waals surface area contributed by atoms with E-state index in [0.717, 1.165) is 22.5 Å². The standard InChI is InChI=1S/C26H23Cl2N7OS/c1-36-24-9-7-21(13-31-24)32-26(37)34(16-20-6-8-23(27)33-25(20)28)11-10-22-14-30-17-35(22)15-19-4-2-18(12-29)3-5-19/h2-9,13-14,17H,10-11,15-16H2,1H3,(H,32,37). The average molecular weight is 552 g/mol. The summed E-state index contributed by atoms with van der Waals surface area (Å²) in [7, 11) is 1.57. The smallest absolute Gasteiger partial charge is 0.213 e. The lowest BCUT2D eigenvalue weighted by Gasteiger charge is -2.26. The van der Waals surface area contributed by atoms with Gasteiger partial charge in [-0.05, 0) is 42.0 Å². The van der Waals surface area contributed by atoms with E-state index in [2.05, 4.69) is 30.9 Å². The molecular formula is C26H23Cl2N7OS. The van der Waals surface area contributed by atoms with E-state index in [1.807, 2.05) is 47.5 Å². The fourth-order valence-electron chi connectivity index (χ4n) is 3.62. The number of anilines is 1. The van der Waals surface area contributed by atoms with Crippen molar-refractivity contribution >= 4 is 46.2 Å². The number of halogens is 2. The molecule has 3 aromatic heterocycles. The summed E-state index contributed by atoms with van der Waals surface area (Å²) >= 11 is 18.1. The van der Waals surface area contributed by atoms with Crippen LogP contribution in [0.4, 0.5) is 5.69 Å². The molecule has 1 aromatic carbocycles. The fourth-order valence-corrected chi connectivity index (χ4v) is 4.30. The van der Waals surface area contributed by atoms with E-state index in [0.29, 0.717) is 52.9 Å². The minimum atomic E-state index is 0.331. The predicted molar refractivity (Wildman–Crippen MR) is 148 cm³/mol. The Morgan fingerprint density at radius 1 is 1.14 bits per heavy atom. The maximum absolute atomic E-state index is 9.04. The molecule has 0 saturated heterocycles. The normalized spacial score (nSPS) is 10.5. The number of nitrogens with zero attached hydrogens (tertiary/aromatic N) is 6. The zero-order valence-electron chi connectivity index (χ0n) is 19.9. The van der Waals surface area contributed by atoms with Crippen LogP contribution in [-0.2, 0) is 19.5 Å². The van der Waals surface area contributed by atoms with Crippen molar-refractivity contribution in [1.29, 1.82) is 5.26 Å². The number of aromatic nitrogens is 4. The molecule has 0 aliphatic rings. The zero-order valence-corrected chi connectivity index (χ0v) is 22.3. The molecule has 0 spiro atoms. The third-order valence-electron chi connectivity index (χ3n) is 5.61. The molecule has 188 valence electrons. The number of hydrogen-bond acceptors (Lipinski definition) is 6. The summed E-state index contributed by atoms with van der Waals surface area (Å²) in [6, 6.07) is 16.8. The van der Waals surface area contributed by atoms with Gasteiger partial charge < -0.3 is 19.5 Å². The first-order valence-corrected chi connectivity index (χ1v) is 12.5. The number of thiocarbonyl (C=S) groups is 1. The Morgan fingerprint density at radius 3 is 2.62 bits per heavy atom. The lowest BCUT2D eigenvalue weighted by molar-refractivity contribution is 0.398. The van der Waals surface area contributed by atoms with Crippen molar-refractivity contribution in [1.82, 2.24) is 24.4 Å². The van der Waals surface area contributed by atoms with Gasteiger partial charge in [0.15, 0.2) is 5.11 Å². The van der Waals surface area contributed by atoms with E-state index in [1.165, 1.54) is 0 Å². The number of methoxy groups -OCH3 is 1. The highest BCUT2D eigenvalue weighted by molar-refractivity contribution is 7.80. The topological polar surface area (TPSA) is 91.9 Å². The van der Waals surface area contributed by atoms with Gasteiger partial charge in [0, 0.05) is 49.6 Å². The monoisotopic (exact) mass is 551 g/mol. The van der Waals surface area contributed by atoms with Crippen LogP contribution in [0.1, 0.15) is 22.4 Å². The predicted octanol–water partition coefficient (Wildman–Crippen LogP) is 5.35. The van der Waals surface area contributed by atoms with Crippen molar-refractivity contribution in [2.45, 2.75) is 19.5 Å². The molecule has 0 atom stereocenters. The molecular weight excluding hydrogens is 529 g/mol. The number of nitriles is 1. The molecule has 11 heteroatoms. The van der Waals surface area contributed by atoms with Crippen molar-refractivity contribution in [3.8, 4) is 11.9 Å². The van der Waals surface area contributed by atoms with Crippen molar-refractivity contribution in [2.24, 2.45) is 0 Å². The van der Waals surface area contributed by atoms with Crippen LogP contribution in [0.5, 0.6) is 5.88 Å². The van der Waals surface area contributed by atoms with Crippen LogP contribution in [0.3, 0.4) is 0 Å². The number of nitrogens with one attached hydrogen (secondary N) is 1. The molecule has 0 bridgehead atoms. The van der Waals surface area contributed by atoms with Gasteiger partial charge in [0.25, 0.3) is 0 Å². The molecule has 1 N–H and O–H groups in total. The van der Waals surface area contributed by atoms with Gasteiger partial charge in [-0.2, -0.15) is 5.26 Å². The Labute approximate surface area is 230 Å². The number of ether oxygens (including phenoxy) is 1. The summed E-state index contributed by atoms with van der Waals surface area (Å²) in [5, 5.41) is 13.4. The van der Waals surface area contributed by atoms with E-state index in [9.17, 15) is 0 Å². The molecule has 0 amide bonds. The van der Waals surface area contributed by atoms with Gasteiger partial charge >= 0.3 is 0 Å². The first-order chi connectivity index (χ1) is 17.9. The molecule has 37 heavy (non-hydrogen) atoms. The molecule has 0 aliphatic heterocycles. The number of hydrogen-bond donors (Lipinski definition) is 1. The molecule has 4 aromatic rings. The number of rotatable bonds is 9. The van der Waals surface area contributed by atoms with Gasteiger partial charge in [-0.25, -0.2) is 15.0 Å². The van der Waals surface area contributed by atoms with Gasteiger partial charge in [0.2, 0.25) is 5.88 Å². The number of imidazole rings is 1. The Balaban J connectivity index is 1.49. The largest absolute Gasteiger partial charge is 0.481 e. The van der Waals surface area contributed by atoms with Crippen molar-refractivity contribution in [3.05, 3.63) is 99.9 Å². The van der Waals surface area contributed by atoms with Crippen LogP contribution < -0.4 is 10.1 Å². The van der Waals surface area contributed by atoms with Crippen molar-refractivity contribution < 1.29 is 4.74 Å². The lowest BCUT2D eigenvalue weighted by atomic mass is 10.1. The maximum Gasteiger partial charge on any atom is 0.213 e. The van der Waals surface area contributed by atoms with E-state index in [4.69, 9.17) is 45.4 Å². The molecule has 3 heterocycles. The van der Waals surface area contributed by atoms with Gasteiger partial charge in [-0.3, -0.25) is 0 Å². The molecule has 0 saturated carbocycles. The zero-order chi connectivity index (χ0) is 26.2. The molecule has 0 fully saturated rings. The highest BCUT2D eigenvalue weighted by Crippen LogP contribution is 2.20. The van der Waals surface area contributed by atoms with Gasteiger partial charge in [0.1, 0.15) is 10.3 Å². The Bertz CT molecular complexity index is 1400. The summed E-state index contributed by atoms with van der Waals surface area (Å²) in [6.45, 7) is 1.67. The summed E-state index contributed by atoms with van der Waals surface area (Å²) in [4.78, 5) is 14.7. The van der Waals surface area contributed by atoms with Crippen molar-refractivity contribution in [3.63, 3.8) is 0 Å². The van der Waals surface area contributed by atoms with Crippen LogP contribution in [-0.4, -0.2) is 43.2 Å². The molecule has 0 aliphatic carbocycles. The molecule has 0 radical (unpaired) electrons. The van der Waals surface area contributed by atoms with Gasteiger partial charge in [-0.15, -0.1) is 0 Å². The molecule has 8 nitrogen and oxygen atoms in total. The lowest BCUT2D eigenvalue weighted by Crippen LogP contribution is -2.36. The Morgan fingerprint density at radius 2 is 1.95 bits per heavy atom. The quantitative estimate of drug-likeness (QED) is 0.220. The summed E-state index contributed by atoms with van der Waals surface area (Å²) < 4.78 is 7.22. The number of pyridine rings is 2. The average Bonchev–Trinajstić information content (AvgIpc) is 3.35. The Hall–Kier alpha value is -3.71. The van der Waals surface area contributed by atoms with E-state index >= 15 is 0 Å². The highest BCUT2D eigenvalue weighted by atomic mass is 35.5. The first kappa shape index (κ1) is 26.4. The van der Waals surface area contributed by atoms with Crippen molar-refractivity contribution in [2.75, 3.05) is 19.0 Å². The molecule has 0 unspecified atom stereocenters. The minimum absolute atomic E-state index is 0.331. The number of benzene rings is 1. The second-order valence-corrected chi connectivity index (χ2v) is 9.23. The van der Waals surface area contributed by atoms with Crippen LogP contribution in [0.2, 0.25) is 10.3 Å².